The van der Waals surface area contributed by atoms with Crippen LogP contribution in [-0.4, -0.2) is 56.2 Å². The lowest BCUT2D eigenvalue weighted by Crippen LogP contribution is -2.39. The number of hydrogen-bond acceptors (Lipinski definition) is 8. The molecule has 0 aliphatic carbocycles. The number of piperidine rings is 1. The number of carbonyl (C=O) groups excluding carboxylic acids is 1. The maximum atomic E-state index is 15.5. The molecule has 4 aromatic rings. The lowest BCUT2D eigenvalue weighted by molar-refractivity contribution is -0.127. The summed E-state index contributed by atoms with van der Waals surface area (Å²) < 4.78 is 22.9. The maximum Gasteiger partial charge on any atom is 0.264 e. The van der Waals surface area contributed by atoms with Crippen LogP contribution in [0.5, 0.6) is 11.5 Å². The van der Waals surface area contributed by atoms with Crippen molar-refractivity contribution in [1.82, 2.24) is 30.0 Å². The van der Waals surface area contributed by atoms with Gasteiger partial charge in [-0.2, -0.15) is 10.4 Å². The van der Waals surface area contributed by atoms with Crippen LogP contribution in [0, 0.1) is 23.1 Å². The second-order valence-corrected chi connectivity index (χ2v) is 10.6. The molecule has 4 heterocycles. The first-order valence-electron chi connectivity index (χ1n) is 14.1. The molecule has 2 aromatic heterocycles. The van der Waals surface area contributed by atoms with Crippen molar-refractivity contribution in [3.05, 3.63) is 72.3 Å². The molecule has 2 aliphatic heterocycles. The van der Waals surface area contributed by atoms with Crippen molar-refractivity contribution in [3.8, 4) is 28.8 Å². The molecule has 1 amide bonds. The Kier molecular flexibility index (Phi) is 7.79. The monoisotopic (exact) mass is 566 g/mol. The van der Waals surface area contributed by atoms with Gasteiger partial charge in [0, 0.05) is 18.2 Å². The van der Waals surface area contributed by atoms with Crippen LogP contribution in [0.15, 0.2) is 66.5 Å². The van der Waals surface area contributed by atoms with Gasteiger partial charge in [0.05, 0.1) is 18.0 Å². The van der Waals surface area contributed by atoms with Crippen LogP contribution in [0.2, 0.25) is 0 Å². The number of nitrogens with two attached hydrogens (primary N) is 1. The Labute approximate surface area is 242 Å². The summed E-state index contributed by atoms with van der Waals surface area (Å²) in [6.45, 7) is 2.63. The van der Waals surface area contributed by atoms with Crippen molar-refractivity contribution < 1.29 is 13.9 Å². The molecular weight excluding hydrogens is 535 g/mol. The van der Waals surface area contributed by atoms with Gasteiger partial charge in [-0.05, 0) is 69.0 Å². The molecule has 6 rings (SSSR count). The van der Waals surface area contributed by atoms with Gasteiger partial charge in [-0.25, -0.2) is 19.0 Å². The van der Waals surface area contributed by atoms with Crippen LogP contribution in [0.25, 0.3) is 22.3 Å². The number of halogens is 1. The number of benzene rings is 2. The largest absolute Gasteiger partial charge is 0.457 e. The fourth-order valence-corrected chi connectivity index (χ4v) is 5.77. The van der Waals surface area contributed by atoms with Crippen molar-refractivity contribution in [2.24, 2.45) is 5.92 Å². The molecular formula is C31H31FN8O2. The van der Waals surface area contributed by atoms with E-state index in [9.17, 15) is 10.1 Å². The second kappa shape index (κ2) is 12.0. The van der Waals surface area contributed by atoms with Crippen LogP contribution in [0.4, 0.5) is 10.2 Å². The average Bonchev–Trinajstić information content (AvgIpc) is 3.62. The fraction of sp³-hybridized carbons (Fsp3) is 0.323. The number of ether oxygens (including phenoxy) is 1. The third-order valence-electron chi connectivity index (χ3n) is 7.89. The number of carbonyl (C=O) groups is 1. The summed E-state index contributed by atoms with van der Waals surface area (Å²) in [5, 5.41) is 18.3. The Bertz CT molecular complexity index is 1670. The molecule has 3 N–H and O–H groups in total. The Morgan fingerprint density at radius 1 is 1.14 bits per heavy atom. The summed E-state index contributed by atoms with van der Waals surface area (Å²) in [6, 6.07) is 15.6. The van der Waals surface area contributed by atoms with E-state index in [1.165, 1.54) is 12.4 Å². The van der Waals surface area contributed by atoms with Gasteiger partial charge >= 0.3 is 0 Å². The molecule has 2 aliphatic rings. The van der Waals surface area contributed by atoms with Gasteiger partial charge in [0.2, 0.25) is 0 Å². The summed E-state index contributed by atoms with van der Waals surface area (Å²) >= 11 is 0. The number of para-hydroxylation sites is 1. The number of fused-ring (bicyclic) bond motifs is 1. The number of aromatic nitrogens is 4. The van der Waals surface area contributed by atoms with E-state index in [0.717, 1.165) is 38.8 Å². The first-order valence-corrected chi connectivity index (χ1v) is 14.1. The third kappa shape index (κ3) is 5.53. The number of allylic oxidation sites excluding steroid dienone is 1. The molecule has 0 unspecified atom stereocenters. The zero-order valence-electron chi connectivity index (χ0n) is 23.0. The molecule has 10 nitrogen and oxygen atoms in total. The molecule has 1 atom stereocenters. The minimum atomic E-state index is -0.530. The molecule has 0 radical (unpaired) electrons. The molecule has 0 saturated carbocycles. The van der Waals surface area contributed by atoms with Crippen molar-refractivity contribution in [2.45, 2.75) is 38.3 Å². The van der Waals surface area contributed by atoms with Crippen LogP contribution < -0.4 is 15.8 Å². The van der Waals surface area contributed by atoms with Crippen molar-refractivity contribution in [1.29, 1.82) is 5.26 Å². The van der Waals surface area contributed by atoms with Gasteiger partial charge in [0.25, 0.3) is 5.91 Å². The average molecular weight is 567 g/mol. The second-order valence-electron chi connectivity index (χ2n) is 10.6. The van der Waals surface area contributed by atoms with Gasteiger partial charge in [-0.1, -0.05) is 24.3 Å². The number of hydrogen-bond donors (Lipinski definition) is 2. The standard InChI is InChI=1S/C31H31FN8O2/c32-26-16-24(42-23-6-2-1-3-7-23)8-9-25(26)28-27-29(34)36-19-37-30(27)40(38-28)18-22-5-4-14-39(22)31(41)21(17-33)15-20-10-12-35-13-11-20/h1-3,6-9,15-16,19-20,22,35H,4-5,10-14,18H2,(H2,34,36,37)/b21-15+/t22-/m1/s1. The van der Waals surface area contributed by atoms with Gasteiger partial charge < -0.3 is 20.7 Å². The minimum Gasteiger partial charge on any atom is -0.457 e. The number of nitrogen functional groups attached to an aromatic ring is 1. The lowest BCUT2D eigenvalue weighted by atomic mass is 9.95. The van der Waals surface area contributed by atoms with E-state index in [4.69, 9.17) is 15.6 Å². The van der Waals surface area contributed by atoms with E-state index in [2.05, 4.69) is 21.4 Å². The zero-order valence-corrected chi connectivity index (χ0v) is 23.0. The summed E-state index contributed by atoms with van der Waals surface area (Å²) in [4.78, 5) is 23.8. The predicted octanol–water partition coefficient (Wildman–Crippen LogP) is 4.45. The Morgan fingerprint density at radius 2 is 1.95 bits per heavy atom. The highest BCUT2D eigenvalue weighted by Crippen LogP contribution is 2.35. The van der Waals surface area contributed by atoms with E-state index >= 15 is 4.39 Å². The molecule has 42 heavy (non-hydrogen) atoms. The van der Waals surface area contributed by atoms with E-state index in [0.29, 0.717) is 41.3 Å². The van der Waals surface area contributed by atoms with Gasteiger partial charge in [-0.3, -0.25) is 4.79 Å². The number of amides is 1. The third-order valence-corrected chi connectivity index (χ3v) is 7.89. The molecule has 0 spiro atoms. The number of rotatable bonds is 7. The smallest absolute Gasteiger partial charge is 0.264 e. The van der Waals surface area contributed by atoms with E-state index in [1.807, 2.05) is 24.3 Å². The number of nitriles is 1. The van der Waals surface area contributed by atoms with E-state index < -0.39 is 5.82 Å². The normalized spacial score (nSPS) is 17.9. The zero-order chi connectivity index (χ0) is 29.1. The van der Waals surface area contributed by atoms with Crippen LogP contribution in [0.3, 0.4) is 0 Å². The summed E-state index contributed by atoms with van der Waals surface area (Å²) in [6.07, 6.45) is 6.54. The van der Waals surface area contributed by atoms with E-state index in [1.54, 1.807) is 33.8 Å². The number of likely N-dealkylation sites (tertiary alicyclic amines) is 1. The van der Waals surface area contributed by atoms with Crippen molar-refractivity contribution in [3.63, 3.8) is 0 Å². The Morgan fingerprint density at radius 3 is 2.71 bits per heavy atom. The van der Waals surface area contributed by atoms with Crippen LogP contribution >= 0.6 is 0 Å². The number of nitrogens with zero attached hydrogens (tertiary/aromatic N) is 6. The Hall–Kier alpha value is -4.82. The van der Waals surface area contributed by atoms with Gasteiger partial charge in [-0.15, -0.1) is 0 Å². The summed E-state index contributed by atoms with van der Waals surface area (Å²) in [5.74, 6) is 0.546. The fourth-order valence-electron chi connectivity index (χ4n) is 5.77. The van der Waals surface area contributed by atoms with Gasteiger partial charge in [0.1, 0.15) is 46.8 Å². The Balaban J connectivity index is 1.28. The molecule has 2 aromatic carbocycles. The molecule has 0 bridgehead atoms. The van der Waals surface area contributed by atoms with E-state index in [-0.39, 0.29) is 34.8 Å². The SMILES string of the molecule is N#C/C(=C\C1CCNCC1)C(=O)N1CCC[C@@H]1Cn1nc(-c2ccc(Oc3ccccc3)cc2F)c2c(N)ncnc21. The number of anilines is 1. The van der Waals surface area contributed by atoms with Crippen LogP contribution in [0.1, 0.15) is 25.7 Å². The first kappa shape index (κ1) is 27.4. The van der Waals surface area contributed by atoms with Crippen molar-refractivity contribution >= 4 is 22.8 Å². The first-order chi connectivity index (χ1) is 20.5. The minimum absolute atomic E-state index is 0.182. The highest BCUT2D eigenvalue weighted by atomic mass is 19.1. The van der Waals surface area contributed by atoms with Crippen molar-refractivity contribution in [2.75, 3.05) is 25.4 Å². The number of nitrogens with one attached hydrogen (secondary N) is 1. The van der Waals surface area contributed by atoms with Crippen LogP contribution in [-0.2, 0) is 11.3 Å². The summed E-state index contributed by atoms with van der Waals surface area (Å²) in [5.41, 5.74) is 7.44. The molecule has 214 valence electrons. The lowest BCUT2D eigenvalue weighted by Gasteiger charge is -2.25. The maximum absolute atomic E-state index is 15.5. The van der Waals surface area contributed by atoms with Gasteiger partial charge in [0.15, 0.2) is 5.65 Å². The molecule has 2 fully saturated rings. The topological polar surface area (TPSA) is 135 Å². The highest BCUT2D eigenvalue weighted by Gasteiger charge is 2.33. The summed E-state index contributed by atoms with van der Waals surface area (Å²) in [7, 11) is 0. The predicted molar refractivity (Wildman–Crippen MR) is 156 cm³/mol. The molecule has 11 heteroatoms. The highest BCUT2D eigenvalue weighted by molar-refractivity contribution is 5.99. The quantitative estimate of drug-likeness (QED) is 0.248. The molecule has 2 saturated heterocycles.